The Morgan fingerprint density at radius 1 is 1.33 bits per heavy atom. The summed E-state index contributed by atoms with van der Waals surface area (Å²) < 4.78 is 2.14. The summed E-state index contributed by atoms with van der Waals surface area (Å²) in [5, 5.41) is 8.06. The molecule has 1 aromatic rings. The molecule has 0 saturated carbocycles. The number of hydrogen-bond acceptors (Lipinski definition) is 2. The molecule has 0 spiro atoms. The fourth-order valence-corrected chi connectivity index (χ4v) is 2.39. The second-order valence-corrected chi connectivity index (χ2v) is 6.25. The van der Waals surface area contributed by atoms with Crippen LogP contribution in [0.25, 0.3) is 0 Å². The second kappa shape index (κ2) is 6.37. The lowest BCUT2D eigenvalue weighted by molar-refractivity contribution is 0.312. The number of aromatic nitrogens is 2. The third-order valence-electron chi connectivity index (χ3n) is 3.30. The Morgan fingerprint density at radius 2 is 2.00 bits per heavy atom. The van der Waals surface area contributed by atoms with Crippen molar-refractivity contribution in [1.29, 1.82) is 0 Å². The van der Waals surface area contributed by atoms with Crippen molar-refractivity contribution in [2.75, 3.05) is 7.05 Å². The SMILES string of the molecule is CCc1cc(CC(CC(C)(C)C)NC)n(CC)n1. The first-order valence-electron chi connectivity index (χ1n) is 7.12. The Kier molecular flexibility index (Phi) is 5.39. The highest BCUT2D eigenvalue weighted by Crippen LogP contribution is 2.22. The normalized spacial score (nSPS) is 13.9. The van der Waals surface area contributed by atoms with Crippen LogP contribution in [0, 0.1) is 5.41 Å². The minimum absolute atomic E-state index is 0.359. The molecule has 1 unspecified atom stereocenters. The van der Waals surface area contributed by atoms with E-state index in [-0.39, 0.29) is 0 Å². The molecule has 1 atom stereocenters. The molecule has 0 aliphatic carbocycles. The molecule has 1 N–H and O–H groups in total. The second-order valence-electron chi connectivity index (χ2n) is 6.25. The topological polar surface area (TPSA) is 29.9 Å². The van der Waals surface area contributed by atoms with Crippen LogP contribution in [-0.4, -0.2) is 22.9 Å². The highest BCUT2D eigenvalue weighted by atomic mass is 15.3. The van der Waals surface area contributed by atoms with Gasteiger partial charge in [0.1, 0.15) is 0 Å². The van der Waals surface area contributed by atoms with Crippen LogP contribution in [0.1, 0.15) is 52.4 Å². The zero-order valence-corrected chi connectivity index (χ0v) is 12.9. The van der Waals surface area contributed by atoms with Crippen molar-refractivity contribution in [3.8, 4) is 0 Å². The Hall–Kier alpha value is -0.830. The van der Waals surface area contributed by atoms with Crippen molar-refractivity contribution >= 4 is 0 Å². The predicted molar refractivity (Wildman–Crippen MR) is 77.9 cm³/mol. The summed E-state index contributed by atoms with van der Waals surface area (Å²) in [5.41, 5.74) is 2.92. The van der Waals surface area contributed by atoms with Gasteiger partial charge in [-0.1, -0.05) is 27.7 Å². The molecule has 1 rings (SSSR count). The standard InChI is InChI=1S/C15H29N3/c1-7-12-9-14(18(8-2)17-12)10-13(16-6)11-15(3,4)5/h9,13,16H,7-8,10-11H2,1-6H3. The maximum absolute atomic E-state index is 4.62. The molecule has 0 aromatic carbocycles. The fraction of sp³-hybridized carbons (Fsp3) is 0.800. The Bertz CT molecular complexity index is 360. The minimum atomic E-state index is 0.359. The van der Waals surface area contributed by atoms with Gasteiger partial charge in [0, 0.05) is 24.7 Å². The van der Waals surface area contributed by atoms with Gasteiger partial charge in [-0.3, -0.25) is 4.68 Å². The molecule has 0 saturated heterocycles. The van der Waals surface area contributed by atoms with Gasteiger partial charge in [-0.15, -0.1) is 0 Å². The number of nitrogens with one attached hydrogen (secondary N) is 1. The zero-order valence-electron chi connectivity index (χ0n) is 12.9. The quantitative estimate of drug-likeness (QED) is 0.842. The summed E-state index contributed by atoms with van der Waals surface area (Å²) >= 11 is 0. The number of aryl methyl sites for hydroxylation is 2. The van der Waals surface area contributed by atoms with Crippen LogP contribution in [0.3, 0.4) is 0 Å². The molecule has 1 aromatic heterocycles. The molecule has 0 aliphatic rings. The average molecular weight is 251 g/mol. The molecule has 18 heavy (non-hydrogen) atoms. The van der Waals surface area contributed by atoms with Crippen LogP contribution in [0.5, 0.6) is 0 Å². The Balaban J connectivity index is 2.77. The van der Waals surface area contributed by atoms with Gasteiger partial charge < -0.3 is 5.32 Å². The number of rotatable bonds is 6. The van der Waals surface area contributed by atoms with E-state index >= 15 is 0 Å². The third-order valence-corrected chi connectivity index (χ3v) is 3.30. The minimum Gasteiger partial charge on any atom is -0.317 e. The van der Waals surface area contributed by atoms with Crippen molar-refractivity contribution in [2.24, 2.45) is 5.41 Å². The zero-order chi connectivity index (χ0) is 13.8. The summed E-state index contributed by atoms with van der Waals surface area (Å²) in [6, 6.07) is 2.79. The maximum Gasteiger partial charge on any atom is 0.0624 e. The Morgan fingerprint density at radius 3 is 2.44 bits per heavy atom. The van der Waals surface area contributed by atoms with Gasteiger partial charge in [0.25, 0.3) is 0 Å². The molecule has 0 radical (unpaired) electrons. The number of hydrogen-bond donors (Lipinski definition) is 1. The van der Waals surface area contributed by atoms with Crippen LogP contribution in [0.15, 0.2) is 6.07 Å². The van der Waals surface area contributed by atoms with Crippen LogP contribution < -0.4 is 5.32 Å². The van der Waals surface area contributed by atoms with E-state index in [0.29, 0.717) is 11.5 Å². The van der Waals surface area contributed by atoms with Gasteiger partial charge in [-0.05, 0) is 38.3 Å². The summed E-state index contributed by atoms with van der Waals surface area (Å²) in [6.07, 6.45) is 3.26. The monoisotopic (exact) mass is 251 g/mol. The first-order chi connectivity index (χ1) is 8.39. The average Bonchev–Trinajstić information content (AvgIpc) is 2.68. The summed E-state index contributed by atoms with van der Waals surface area (Å²) in [4.78, 5) is 0. The fourth-order valence-electron chi connectivity index (χ4n) is 2.39. The molecule has 0 amide bonds. The summed E-state index contributed by atoms with van der Waals surface area (Å²) in [7, 11) is 2.06. The number of likely N-dealkylation sites (N-methyl/N-ethyl adjacent to an activating group) is 1. The van der Waals surface area contributed by atoms with Crippen LogP contribution in [-0.2, 0) is 19.4 Å². The lowest BCUT2D eigenvalue weighted by atomic mass is 9.86. The van der Waals surface area contributed by atoms with E-state index in [9.17, 15) is 0 Å². The van der Waals surface area contributed by atoms with E-state index in [2.05, 4.69) is 62.8 Å². The van der Waals surface area contributed by atoms with E-state index in [0.717, 1.165) is 19.4 Å². The van der Waals surface area contributed by atoms with E-state index in [1.54, 1.807) is 0 Å². The summed E-state index contributed by atoms with van der Waals surface area (Å²) in [6.45, 7) is 12.2. The van der Waals surface area contributed by atoms with Gasteiger partial charge in [0.2, 0.25) is 0 Å². The van der Waals surface area contributed by atoms with Crippen LogP contribution >= 0.6 is 0 Å². The lowest BCUT2D eigenvalue weighted by Gasteiger charge is -2.25. The van der Waals surface area contributed by atoms with E-state index < -0.39 is 0 Å². The molecule has 1 heterocycles. The van der Waals surface area contributed by atoms with Crippen molar-refractivity contribution in [2.45, 2.75) is 66.5 Å². The van der Waals surface area contributed by atoms with Crippen molar-refractivity contribution in [1.82, 2.24) is 15.1 Å². The van der Waals surface area contributed by atoms with Crippen LogP contribution in [0.2, 0.25) is 0 Å². The maximum atomic E-state index is 4.62. The lowest BCUT2D eigenvalue weighted by Crippen LogP contribution is -2.32. The molecular weight excluding hydrogens is 222 g/mol. The van der Waals surface area contributed by atoms with Gasteiger partial charge in [-0.2, -0.15) is 5.10 Å². The van der Waals surface area contributed by atoms with Crippen molar-refractivity contribution in [3.63, 3.8) is 0 Å². The largest absolute Gasteiger partial charge is 0.317 e. The first-order valence-corrected chi connectivity index (χ1v) is 7.12. The van der Waals surface area contributed by atoms with Crippen molar-refractivity contribution < 1.29 is 0 Å². The van der Waals surface area contributed by atoms with Gasteiger partial charge in [-0.25, -0.2) is 0 Å². The molecule has 0 bridgehead atoms. The van der Waals surface area contributed by atoms with E-state index in [1.165, 1.54) is 17.8 Å². The number of nitrogens with zero attached hydrogens (tertiary/aromatic N) is 2. The first kappa shape index (κ1) is 15.2. The van der Waals surface area contributed by atoms with E-state index in [1.807, 2.05) is 0 Å². The smallest absolute Gasteiger partial charge is 0.0624 e. The summed E-state index contributed by atoms with van der Waals surface area (Å²) in [5.74, 6) is 0. The predicted octanol–water partition coefficient (Wildman–Crippen LogP) is 3.03. The highest BCUT2D eigenvalue weighted by Gasteiger charge is 2.19. The highest BCUT2D eigenvalue weighted by molar-refractivity contribution is 5.12. The van der Waals surface area contributed by atoms with Gasteiger partial charge in [0.05, 0.1) is 5.69 Å². The molecule has 0 fully saturated rings. The Labute approximate surface area is 112 Å². The van der Waals surface area contributed by atoms with Gasteiger partial charge >= 0.3 is 0 Å². The molecular formula is C15H29N3. The van der Waals surface area contributed by atoms with Crippen LogP contribution in [0.4, 0.5) is 0 Å². The van der Waals surface area contributed by atoms with Crippen molar-refractivity contribution in [3.05, 3.63) is 17.5 Å². The molecule has 3 heteroatoms. The molecule has 0 aliphatic heterocycles. The van der Waals surface area contributed by atoms with Gasteiger partial charge in [0.15, 0.2) is 0 Å². The van der Waals surface area contributed by atoms with E-state index in [4.69, 9.17) is 0 Å². The molecule has 3 nitrogen and oxygen atoms in total. The third kappa shape index (κ3) is 4.45. The molecule has 104 valence electrons.